The Kier molecular flexibility index (Phi) is 5.62. The van der Waals surface area contributed by atoms with Gasteiger partial charge in [0.1, 0.15) is 0 Å². The van der Waals surface area contributed by atoms with Crippen LogP contribution in [-0.2, 0) is 10.0 Å². The Morgan fingerprint density at radius 1 is 1.16 bits per heavy atom. The minimum Gasteiger partial charge on any atom is -0.207 e. The fourth-order valence-electron chi connectivity index (χ4n) is 1.60. The van der Waals surface area contributed by atoms with Gasteiger partial charge in [-0.2, -0.15) is 4.31 Å². The van der Waals surface area contributed by atoms with Crippen molar-refractivity contribution in [3.8, 4) is 0 Å². The Bertz CT molecular complexity index is 587. The van der Waals surface area contributed by atoms with Crippen LogP contribution in [0.1, 0.15) is 5.56 Å². The van der Waals surface area contributed by atoms with Crippen LogP contribution in [0.5, 0.6) is 0 Å². The molecule has 0 saturated heterocycles. The first-order valence-corrected chi connectivity index (χ1v) is 7.71. The van der Waals surface area contributed by atoms with Crippen LogP contribution in [0.3, 0.4) is 0 Å². The molecule has 0 aliphatic rings. The van der Waals surface area contributed by atoms with E-state index < -0.39 is 10.0 Å². The summed E-state index contributed by atoms with van der Waals surface area (Å²) in [7, 11) is -3.65. The molecule has 0 atom stereocenters. The molecular formula is C13H15Cl2NO2S. The third-order valence-corrected chi connectivity index (χ3v) is 5.20. The molecule has 0 aromatic heterocycles. The highest BCUT2D eigenvalue weighted by Crippen LogP contribution is 2.29. The smallest absolute Gasteiger partial charge is 0.207 e. The molecule has 0 N–H and O–H groups in total. The molecule has 6 heteroatoms. The van der Waals surface area contributed by atoms with E-state index in [9.17, 15) is 8.42 Å². The summed E-state index contributed by atoms with van der Waals surface area (Å²) in [6.45, 7) is 9.19. The monoisotopic (exact) mass is 319 g/mol. The average Bonchev–Trinajstić information content (AvgIpc) is 2.33. The van der Waals surface area contributed by atoms with E-state index in [1.165, 1.54) is 28.6 Å². The van der Waals surface area contributed by atoms with E-state index in [0.29, 0.717) is 10.6 Å². The van der Waals surface area contributed by atoms with Crippen molar-refractivity contribution in [1.29, 1.82) is 0 Å². The van der Waals surface area contributed by atoms with Gasteiger partial charge in [-0.3, -0.25) is 0 Å². The quantitative estimate of drug-likeness (QED) is 0.750. The van der Waals surface area contributed by atoms with Gasteiger partial charge in [0, 0.05) is 13.1 Å². The van der Waals surface area contributed by atoms with Gasteiger partial charge in [-0.1, -0.05) is 35.4 Å². The normalized spacial score (nSPS) is 11.6. The van der Waals surface area contributed by atoms with Crippen molar-refractivity contribution in [2.75, 3.05) is 13.1 Å². The molecule has 0 spiro atoms. The van der Waals surface area contributed by atoms with E-state index in [1.54, 1.807) is 6.92 Å². The van der Waals surface area contributed by atoms with Crippen molar-refractivity contribution in [3.63, 3.8) is 0 Å². The van der Waals surface area contributed by atoms with Crippen LogP contribution in [0.2, 0.25) is 10.0 Å². The van der Waals surface area contributed by atoms with Crippen LogP contribution in [0, 0.1) is 6.92 Å². The number of hydrogen-bond donors (Lipinski definition) is 0. The molecule has 1 rings (SSSR count). The summed E-state index contributed by atoms with van der Waals surface area (Å²) in [5.74, 6) is 0. The second kappa shape index (κ2) is 6.57. The fourth-order valence-corrected chi connectivity index (χ4v) is 3.66. The lowest BCUT2D eigenvalue weighted by molar-refractivity contribution is 0.474. The lowest BCUT2D eigenvalue weighted by Gasteiger charge is -2.20. The molecule has 0 radical (unpaired) electrons. The Balaban J connectivity index is 3.36. The molecule has 1 aromatic carbocycles. The summed E-state index contributed by atoms with van der Waals surface area (Å²) in [4.78, 5) is 0.144. The summed E-state index contributed by atoms with van der Waals surface area (Å²) < 4.78 is 26.3. The Labute approximate surface area is 124 Å². The molecule has 0 heterocycles. The summed E-state index contributed by atoms with van der Waals surface area (Å²) >= 11 is 11.8. The standard InChI is InChI=1S/C13H15Cl2NO2S/c1-4-6-16(7-5-2)19(17,18)13-9-12(15)11(14)8-10(13)3/h4-5,8-9H,1-2,6-7H2,3H3. The summed E-state index contributed by atoms with van der Waals surface area (Å²) in [6, 6.07) is 2.91. The number of nitrogens with zero attached hydrogens (tertiary/aromatic N) is 1. The maximum atomic E-state index is 12.5. The highest BCUT2D eigenvalue weighted by molar-refractivity contribution is 7.89. The van der Waals surface area contributed by atoms with Crippen LogP contribution in [-0.4, -0.2) is 25.8 Å². The Morgan fingerprint density at radius 3 is 2.11 bits per heavy atom. The van der Waals surface area contributed by atoms with Gasteiger partial charge in [0.2, 0.25) is 10.0 Å². The maximum absolute atomic E-state index is 12.5. The Hall–Kier alpha value is -0.810. The zero-order chi connectivity index (χ0) is 14.6. The molecule has 0 amide bonds. The van der Waals surface area contributed by atoms with Crippen molar-refractivity contribution >= 4 is 33.2 Å². The second-order valence-electron chi connectivity index (χ2n) is 3.93. The number of benzene rings is 1. The molecule has 0 saturated carbocycles. The maximum Gasteiger partial charge on any atom is 0.243 e. The van der Waals surface area contributed by atoms with Gasteiger partial charge in [-0.25, -0.2) is 8.42 Å². The van der Waals surface area contributed by atoms with Crippen LogP contribution in [0.4, 0.5) is 0 Å². The number of halogens is 2. The van der Waals surface area contributed by atoms with Crippen LogP contribution in [0.25, 0.3) is 0 Å². The molecule has 0 aliphatic heterocycles. The van der Waals surface area contributed by atoms with Gasteiger partial charge in [0.05, 0.1) is 14.9 Å². The van der Waals surface area contributed by atoms with E-state index in [4.69, 9.17) is 23.2 Å². The van der Waals surface area contributed by atoms with Gasteiger partial charge in [-0.05, 0) is 24.6 Å². The highest BCUT2D eigenvalue weighted by atomic mass is 35.5. The third kappa shape index (κ3) is 3.60. The van der Waals surface area contributed by atoms with Gasteiger partial charge in [0.15, 0.2) is 0 Å². The molecule has 19 heavy (non-hydrogen) atoms. The number of sulfonamides is 1. The van der Waals surface area contributed by atoms with E-state index in [0.717, 1.165) is 0 Å². The molecule has 0 bridgehead atoms. The summed E-state index contributed by atoms with van der Waals surface area (Å²) in [5, 5.41) is 0.542. The minimum absolute atomic E-state index is 0.144. The largest absolute Gasteiger partial charge is 0.243 e. The zero-order valence-electron chi connectivity index (χ0n) is 10.6. The van der Waals surface area contributed by atoms with Gasteiger partial charge < -0.3 is 0 Å². The first-order valence-electron chi connectivity index (χ1n) is 5.52. The van der Waals surface area contributed by atoms with Crippen molar-refractivity contribution in [1.82, 2.24) is 4.31 Å². The zero-order valence-corrected chi connectivity index (χ0v) is 12.9. The van der Waals surface area contributed by atoms with E-state index in [1.807, 2.05) is 0 Å². The number of hydrogen-bond acceptors (Lipinski definition) is 2. The highest BCUT2D eigenvalue weighted by Gasteiger charge is 2.25. The number of rotatable bonds is 6. The molecule has 0 aliphatic carbocycles. The predicted octanol–water partition coefficient (Wildman–Crippen LogP) is 3.66. The van der Waals surface area contributed by atoms with Crippen LogP contribution >= 0.6 is 23.2 Å². The predicted molar refractivity (Wildman–Crippen MR) is 80.4 cm³/mol. The molecule has 0 unspecified atom stereocenters. The fraction of sp³-hybridized carbons (Fsp3) is 0.231. The summed E-state index contributed by atoms with van der Waals surface area (Å²) in [6.07, 6.45) is 3.04. The second-order valence-corrected chi connectivity index (χ2v) is 6.65. The average molecular weight is 320 g/mol. The lowest BCUT2D eigenvalue weighted by Crippen LogP contribution is -2.31. The van der Waals surface area contributed by atoms with E-state index in [-0.39, 0.29) is 23.0 Å². The molecule has 3 nitrogen and oxygen atoms in total. The molecule has 0 fully saturated rings. The van der Waals surface area contributed by atoms with Crippen molar-refractivity contribution in [2.24, 2.45) is 0 Å². The molecular weight excluding hydrogens is 305 g/mol. The van der Waals surface area contributed by atoms with Crippen LogP contribution < -0.4 is 0 Å². The van der Waals surface area contributed by atoms with Crippen LogP contribution in [0.15, 0.2) is 42.3 Å². The van der Waals surface area contributed by atoms with Gasteiger partial charge in [-0.15, -0.1) is 13.2 Å². The first-order chi connectivity index (χ1) is 8.84. The van der Waals surface area contributed by atoms with E-state index >= 15 is 0 Å². The topological polar surface area (TPSA) is 37.4 Å². The molecule has 1 aromatic rings. The van der Waals surface area contributed by atoms with Gasteiger partial charge >= 0.3 is 0 Å². The van der Waals surface area contributed by atoms with Crippen molar-refractivity contribution < 1.29 is 8.42 Å². The van der Waals surface area contributed by atoms with E-state index in [2.05, 4.69) is 13.2 Å². The third-order valence-electron chi connectivity index (χ3n) is 2.50. The summed E-state index contributed by atoms with van der Waals surface area (Å²) in [5.41, 5.74) is 0.549. The SMILES string of the molecule is C=CCN(CC=C)S(=O)(=O)c1cc(Cl)c(Cl)cc1C. The lowest BCUT2D eigenvalue weighted by atomic mass is 10.2. The van der Waals surface area contributed by atoms with Crippen molar-refractivity contribution in [2.45, 2.75) is 11.8 Å². The first kappa shape index (κ1) is 16.2. The minimum atomic E-state index is -3.65. The Morgan fingerprint density at radius 2 is 1.63 bits per heavy atom. The van der Waals surface area contributed by atoms with Crippen molar-refractivity contribution in [3.05, 3.63) is 53.1 Å². The molecule has 104 valence electrons. The van der Waals surface area contributed by atoms with Gasteiger partial charge in [0.25, 0.3) is 0 Å². The number of aryl methyl sites for hydroxylation is 1.